The van der Waals surface area contributed by atoms with Gasteiger partial charge in [-0.05, 0) is 24.6 Å². The van der Waals surface area contributed by atoms with Crippen LogP contribution in [0.1, 0.15) is 4.88 Å². The summed E-state index contributed by atoms with van der Waals surface area (Å²) in [6.45, 7) is 2.10. The van der Waals surface area contributed by atoms with Gasteiger partial charge in [-0.3, -0.25) is 4.79 Å². The number of hydrogen-bond acceptors (Lipinski definition) is 5. The SMILES string of the molecule is Cc1sc2ncnc(SCC(=O)Nc3ccccc3)c2c1-c1ccccc1. The van der Waals surface area contributed by atoms with E-state index in [4.69, 9.17) is 0 Å². The molecular formula is C21H17N3OS2. The Labute approximate surface area is 165 Å². The summed E-state index contributed by atoms with van der Waals surface area (Å²) in [5.74, 6) is 0.246. The summed E-state index contributed by atoms with van der Waals surface area (Å²) in [4.78, 5) is 23.4. The van der Waals surface area contributed by atoms with E-state index in [2.05, 4.69) is 34.3 Å². The van der Waals surface area contributed by atoms with Gasteiger partial charge in [0.25, 0.3) is 0 Å². The average Bonchev–Trinajstić information content (AvgIpc) is 3.04. The van der Waals surface area contributed by atoms with E-state index in [-0.39, 0.29) is 5.91 Å². The van der Waals surface area contributed by atoms with Crippen LogP contribution in [0.4, 0.5) is 5.69 Å². The number of anilines is 1. The number of rotatable bonds is 5. The number of para-hydroxylation sites is 1. The Kier molecular flexibility index (Phi) is 5.18. The van der Waals surface area contributed by atoms with Crippen molar-refractivity contribution >= 4 is 44.9 Å². The fourth-order valence-electron chi connectivity index (χ4n) is 2.93. The summed E-state index contributed by atoms with van der Waals surface area (Å²) in [5.41, 5.74) is 3.10. The van der Waals surface area contributed by atoms with Crippen LogP contribution in [0.5, 0.6) is 0 Å². The van der Waals surface area contributed by atoms with E-state index in [0.717, 1.165) is 32.1 Å². The van der Waals surface area contributed by atoms with E-state index in [1.165, 1.54) is 16.6 Å². The van der Waals surface area contributed by atoms with Crippen LogP contribution in [-0.2, 0) is 4.79 Å². The molecule has 0 saturated heterocycles. The highest BCUT2D eigenvalue weighted by atomic mass is 32.2. The minimum absolute atomic E-state index is 0.0498. The number of aromatic nitrogens is 2. The van der Waals surface area contributed by atoms with E-state index in [0.29, 0.717) is 5.75 Å². The number of carbonyl (C=O) groups is 1. The van der Waals surface area contributed by atoms with Crippen molar-refractivity contribution in [3.05, 3.63) is 71.9 Å². The van der Waals surface area contributed by atoms with E-state index >= 15 is 0 Å². The topological polar surface area (TPSA) is 54.9 Å². The minimum Gasteiger partial charge on any atom is -0.325 e. The molecular weight excluding hydrogens is 374 g/mol. The van der Waals surface area contributed by atoms with Crippen molar-refractivity contribution < 1.29 is 4.79 Å². The van der Waals surface area contributed by atoms with Gasteiger partial charge in [-0.1, -0.05) is 60.3 Å². The van der Waals surface area contributed by atoms with E-state index < -0.39 is 0 Å². The predicted octanol–water partition coefficient (Wildman–Crippen LogP) is 5.40. The smallest absolute Gasteiger partial charge is 0.234 e. The van der Waals surface area contributed by atoms with Gasteiger partial charge in [-0.2, -0.15) is 0 Å². The van der Waals surface area contributed by atoms with Gasteiger partial charge in [-0.15, -0.1) is 11.3 Å². The van der Waals surface area contributed by atoms with Gasteiger partial charge in [0, 0.05) is 16.1 Å². The van der Waals surface area contributed by atoms with Gasteiger partial charge >= 0.3 is 0 Å². The summed E-state index contributed by atoms with van der Waals surface area (Å²) in [5, 5.41) is 4.78. The highest BCUT2D eigenvalue weighted by molar-refractivity contribution is 8.00. The minimum atomic E-state index is -0.0498. The molecule has 4 aromatic rings. The van der Waals surface area contributed by atoms with E-state index in [1.54, 1.807) is 17.7 Å². The summed E-state index contributed by atoms with van der Waals surface area (Å²) in [7, 11) is 0. The van der Waals surface area contributed by atoms with Crippen LogP contribution < -0.4 is 5.32 Å². The van der Waals surface area contributed by atoms with Crippen molar-refractivity contribution in [2.75, 3.05) is 11.1 Å². The average molecular weight is 392 g/mol. The molecule has 134 valence electrons. The first-order valence-corrected chi connectivity index (χ1v) is 10.3. The van der Waals surface area contributed by atoms with E-state index in [9.17, 15) is 4.79 Å². The molecule has 2 aromatic carbocycles. The molecule has 0 aliphatic rings. The van der Waals surface area contributed by atoms with Crippen molar-refractivity contribution in [2.24, 2.45) is 0 Å². The number of benzene rings is 2. The molecule has 2 heterocycles. The van der Waals surface area contributed by atoms with E-state index in [1.807, 2.05) is 48.5 Å². The summed E-state index contributed by atoms with van der Waals surface area (Å²) >= 11 is 3.10. The molecule has 0 unspecified atom stereocenters. The molecule has 4 nitrogen and oxygen atoms in total. The fourth-order valence-corrected chi connectivity index (χ4v) is 4.81. The van der Waals surface area contributed by atoms with Crippen LogP contribution in [0.25, 0.3) is 21.3 Å². The number of carbonyl (C=O) groups excluding carboxylic acids is 1. The first-order valence-electron chi connectivity index (χ1n) is 8.49. The van der Waals surface area contributed by atoms with Crippen LogP contribution in [0, 0.1) is 6.92 Å². The Morgan fingerprint density at radius 2 is 1.74 bits per heavy atom. The standard InChI is InChI=1S/C21H17N3OS2/c1-14-18(15-8-4-2-5-9-15)19-20(22-13-23-21(19)27-14)26-12-17(25)24-16-10-6-3-7-11-16/h2-11,13H,12H2,1H3,(H,24,25). The van der Waals surface area contributed by atoms with Gasteiger partial charge in [0.2, 0.25) is 5.91 Å². The fraction of sp³-hybridized carbons (Fsp3) is 0.0952. The Morgan fingerprint density at radius 1 is 1.04 bits per heavy atom. The van der Waals surface area contributed by atoms with Crippen LogP contribution in [0.3, 0.4) is 0 Å². The number of hydrogen-bond donors (Lipinski definition) is 1. The third-order valence-corrected chi connectivity index (χ3v) is 6.09. The summed E-state index contributed by atoms with van der Waals surface area (Å²) in [6.07, 6.45) is 1.57. The zero-order valence-electron chi connectivity index (χ0n) is 14.7. The Bertz CT molecular complexity index is 1080. The molecule has 6 heteroatoms. The number of thioether (sulfide) groups is 1. The second kappa shape index (κ2) is 7.90. The Hall–Kier alpha value is -2.70. The molecule has 27 heavy (non-hydrogen) atoms. The Morgan fingerprint density at radius 3 is 2.48 bits per heavy atom. The van der Waals surface area contributed by atoms with Gasteiger partial charge in [0.15, 0.2) is 0 Å². The lowest BCUT2D eigenvalue weighted by Gasteiger charge is -2.07. The van der Waals surface area contributed by atoms with Gasteiger partial charge < -0.3 is 5.32 Å². The first kappa shape index (κ1) is 17.7. The lowest BCUT2D eigenvalue weighted by Crippen LogP contribution is -2.14. The third-order valence-electron chi connectivity index (χ3n) is 4.09. The molecule has 0 spiro atoms. The second-order valence-electron chi connectivity index (χ2n) is 5.96. The predicted molar refractivity (Wildman–Crippen MR) is 113 cm³/mol. The molecule has 2 aromatic heterocycles. The molecule has 0 atom stereocenters. The first-order chi connectivity index (χ1) is 13.2. The van der Waals surface area contributed by atoms with Crippen molar-refractivity contribution in [3.63, 3.8) is 0 Å². The molecule has 4 rings (SSSR count). The summed E-state index contributed by atoms with van der Waals surface area (Å²) < 4.78 is 0. The summed E-state index contributed by atoms with van der Waals surface area (Å²) in [6, 6.07) is 19.7. The van der Waals surface area contributed by atoms with Crippen LogP contribution in [0.2, 0.25) is 0 Å². The number of amides is 1. The molecule has 0 fully saturated rings. The quantitative estimate of drug-likeness (QED) is 0.366. The lowest BCUT2D eigenvalue weighted by molar-refractivity contribution is -0.113. The molecule has 0 aliphatic heterocycles. The maximum Gasteiger partial charge on any atom is 0.234 e. The molecule has 0 bridgehead atoms. The largest absolute Gasteiger partial charge is 0.325 e. The molecule has 0 aliphatic carbocycles. The maximum absolute atomic E-state index is 12.3. The van der Waals surface area contributed by atoms with Crippen molar-refractivity contribution in [3.8, 4) is 11.1 Å². The number of nitrogens with one attached hydrogen (secondary N) is 1. The highest BCUT2D eigenvalue weighted by Gasteiger charge is 2.17. The number of fused-ring (bicyclic) bond motifs is 1. The molecule has 0 saturated carbocycles. The van der Waals surface area contributed by atoms with Crippen LogP contribution >= 0.6 is 23.1 Å². The van der Waals surface area contributed by atoms with Crippen LogP contribution in [0.15, 0.2) is 72.0 Å². The van der Waals surface area contributed by atoms with Crippen molar-refractivity contribution in [1.82, 2.24) is 9.97 Å². The molecule has 0 radical (unpaired) electrons. The zero-order valence-corrected chi connectivity index (χ0v) is 16.3. The normalized spacial score (nSPS) is 10.9. The third kappa shape index (κ3) is 3.86. The maximum atomic E-state index is 12.3. The molecule has 1 N–H and O–H groups in total. The van der Waals surface area contributed by atoms with Crippen LogP contribution in [-0.4, -0.2) is 21.6 Å². The van der Waals surface area contributed by atoms with Gasteiger partial charge in [-0.25, -0.2) is 9.97 Å². The molecule has 1 amide bonds. The van der Waals surface area contributed by atoms with Crippen molar-refractivity contribution in [1.29, 1.82) is 0 Å². The highest BCUT2D eigenvalue weighted by Crippen LogP contribution is 2.41. The lowest BCUT2D eigenvalue weighted by atomic mass is 10.0. The zero-order chi connectivity index (χ0) is 18.6. The van der Waals surface area contributed by atoms with Crippen molar-refractivity contribution in [2.45, 2.75) is 11.9 Å². The number of thiophene rings is 1. The number of nitrogens with zero attached hydrogens (tertiary/aromatic N) is 2. The monoisotopic (exact) mass is 391 g/mol. The van der Waals surface area contributed by atoms with Gasteiger partial charge in [0.05, 0.1) is 11.1 Å². The number of aryl methyl sites for hydroxylation is 1. The van der Waals surface area contributed by atoms with Gasteiger partial charge in [0.1, 0.15) is 16.2 Å². The Balaban J connectivity index is 1.61. The second-order valence-corrected chi connectivity index (χ2v) is 8.13.